The summed E-state index contributed by atoms with van der Waals surface area (Å²) < 4.78 is 0. The van der Waals surface area contributed by atoms with Gasteiger partial charge in [0.05, 0.1) is 0 Å². The second-order valence-corrected chi connectivity index (χ2v) is 5.21. The predicted molar refractivity (Wildman–Crippen MR) is 76.4 cm³/mol. The second kappa shape index (κ2) is 6.06. The average molecular weight is 262 g/mol. The van der Waals surface area contributed by atoms with E-state index in [9.17, 15) is 4.79 Å². The summed E-state index contributed by atoms with van der Waals surface area (Å²) in [5, 5.41) is 8.81. The largest absolute Gasteiger partial charge is 0.396 e. The summed E-state index contributed by atoms with van der Waals surface area (Å²) in [5.41, 5.74) is 2.16. The van der Waals surface area contributed by atoms with Crippen LogP contribution in [-0.4, -0.2) is 41.8 Å². The van der Waals surface area contributed by atoms with Gasteiger partial charge in [-0.15, -0.1) is 0 Å². The van der Waals surface area contributed by atoms with E-state index in [1.54, 1.807) is 0 Å². The van der Waals surface area contributed by atoms with Gasteiger partial charge in [-0.1, -0.05) is 12.1 Å². The number of hydrogen-bond acceptors (Lipinski definition) is 2. The maximum atomic E-state index is 12.2. The van der Waals surface area contributed by atoms with Crippen molar-refractivity contribution in [3.8, 4) is 0 Å². The van der Waals surface area contributed by atoms with Crippen molar-refractivity contribution in [3.63, 3.8) is 0 Å². The van der Waals surface area contributed by atoms with Gasteiger partial charge < -0.3 is 10.0 Å². The van der Waals surface area contributed by atoms with Crippen LogP contribution in [0, 0.1) is 0 Å². The molecule has 1 aliphatic rings. The highest BCUT2D eigenvalue weighted by Gasteiger charge is 2.30. The molecule has 0 saturated carbocycles. The molecule has 0 aromatic heterocycles. The van der Waals surface area contributed by atoms with Crippen LogP contribution in [0.15, 0.2) is 24.3 Å². The maximum Gasteiger partial charge on any atom is 0.324 e. The van der Waals surface area contributed by atoms with Crippen LogP contribution in [0.25, 0.3) is 0 Å². The normalized spacial score (nSPS) is 15.7. The lowest BCUT2D eigenvalue weighted by Gasteiger charge is -2.21. The molecule has 104 valence electrons. The van der Waals surface area contributed by atoms with Crippen molar-refractivity contribution in [2.75, 3.05) is 24.6 Å². The first-order valence-corrected chi connectivity index (χ1v) is 6.91. The molecule has 0 bridgehead atoms. The number of urea groups is 1. The number of benzene rings is 1. The van der Waals surface area contributed by atoms with Gasteiger partial charge in [0, 0.05) is 31.4 Å². The zero-order valence-corrected chi connectivity index (χ0v) is 11.7. The molecule has 1 heterocycles. The molecule has 0 aliphatic carbocycles. The summed E-state index contributed by atoms with van der Waals surface area (Å²) in [6.07, 6.45) is 1.66. The number of aliphatic hydroxyl groups excluding tert-OH is 1. The number of aryl methyl sites for hydroxylation is 1. The molecule has 4 nitrogen and oxygen atoms in total. The number of rotatable bonds is 5. The predicted octanol–water partition coefficient (Wildman–Crippen LogP) is 2.26. The summed E-state index contributed by atoms with van der Waals surface area (Å²) in [5.74, 6) is 0. The first-order chi connectivity index (χ1) is 9.13. The Morgan fingerprint density at radius 3 is 2.42 bits per heavy atom. The van der Waals surface area contributed by atoms with E-state index in [1.165, 1.54) is 5.56 Å². The Hall–Kier alpha value is -1.55. The molecule has 2 rings (SSSR count). The van der Waals surface area contributed by atoms with Crippen LogP contribution in [0.4, 0.5) is 10.5 Å². The molecule has 0 atom stereocenters. The first kappa shape index (κ1) is 13.9. The lowest BCUT2D eigenvalue weighted by Crippen LogP contribution is -2.36. The minimum absolute atomic E-state index is 0.0955. The Bertz CT molecular complexity index is 428. The van der Waals surface area contributed by atoms with E-state index in [0.717, 1.165) is 31.6 Å². The monoisotopic (exact) mass is 262 g/mol. The number of anilines is 1. The molecule has 2 amide bonds. The SMILES string of the molecule is CC(C)N1CCN(c2ccc(CCCO)cc2)C1=O. The number of carbonyl (C=O) groups excluding carboxylic acids is 1. The molecule has 1 aromatic carbocycles. The van der Waals surface area contributed by atoms with Crippen molar-refractivity contribution in [1.82, 2.24) is 4.90 Å². The molecule has 1 aromatic rings. The molecular formula is C15H22N2O2. The van der Waals surface area contributed by atoms with E-state index >= 15 is 0 Å². The van der Waals surface area contributed by atoms with Crippen molar-refractivity contribution < 1.29 is 9.90 Å². The minimum atomic E-state index is 0.0955. The lowest BCUT2D eigenvalue weighted by molar-refractivity contribution is 0.209. The minimum Gasteiger partial charge on any atom is -0.396 e. The van der Waals surface area contributed by atoms with Gasteiger partial charge in [-0.3, -0.25) is 4.90 Å². The maximum absolute atomic E-state index is 12.2. The third-order valence-corrected chi connectivity index (χ3v) is 3.54. The van der Waals surface area contributed by atoms with E-state index in [4.69, 9.17) is 5.11 Å². The highest BCUT2D eigenvalue weighted by Crippen LogP contribution is 2.22. The summed E-state index contributed by atoms with van der Waals surface area (Å²) in [6, 6.07) is 8.41. The zero-order chi connectivity index (χ0) is 13.8. The molecule has 0 unspecified atom stereocenters. The second-order valence-electron chi connectivity index (χ2n) is 5.21. The van der Waals surface area contributed by atoms with Crippen molar-refractivity contribution in [3.05, 3.63) is 29.8 Å². The van der Waals surface area contributed by atoms with Crippen molar-refractivity contribution in [2.24, 2.45) is 0 Å². The molecule has 1 aliphatic heterocycles. The Kier molecular flexibility index (Phi) is 4.43. The van der Waals surface area contributed by atoms with Gasteiger partial charge in [-0.2, -0.15) is 0 Å². The Morgan fingerprint density at radius 1 is 1.21 bits per heavy atom. The lowest BCUT2D eigenvalue weighted by atomic mass is 10.1. The zero-order valence-electron chi connectivity index (χ0n) is 11.7. The van der Waals surface area contributed by atoms with Crippen LogP contribution in [0.5, 0.6) is 0 Å². The Morgan fingerprint density at radius 2 is 1.89 bits per heavy atom. The quantitative estimate of drug-likeness (QED) is 0.884. The third kappa shape index (κ3) is 3.07. The topological polar surface area (TPSA) is 43.8 Å². The van der Waals surface area contributed by atoms with E-state index in [0.29, 0.717) is 0 Å². The number of aliphatic hydroxyl groups is 1. The summed E-state index contributed by atoms with van der Waals surface area (Å²) in [6.45, 7) is 5.85. The van der Waals surface area contributed by atoms with Gasteiger partial charge >= 0.3 is 6.03 Å². The summed E-state index contributed by atoms with van der Waals surface area (Å²) in [7, 11) is 0. The summed E-state index contributed by atoms with van der Waals surface area (Å²) in [4.78, 5) is 15.9. The van der Waals surface area contributed by atoms with Crippen molar-refractivity contribution in [2.45, 2.75) is 32.7 Å². The van der Waals surface area contributed by atoms with Crippen LogP contribution in [0.2, 0.25) is 0 Å². The fourth-order valence-corrected chi connectivity index (χ4v) is 2.40. The number of hydrogen-bond donors (Lipinski definition) is 1. The van der Waals surface area contributed by atoms with Crippen LogP contribution in [0.1, 0.15) is 25.8 Å². The van der Waals surface area contributed by atoms with Crippen molar-refractivity contribution in [1.29, 1.82) is 0 Å². The van der Waals surface area contributed by atoms with Crippen molar-refractivity contribution >= 4 is 11.7 Å². The molecular weight excluding hydrogens is 240 g/mol. The van der Waals surface area contributed by atoms with Gasteiger partial charge in [0.25, 0.3) is 0 Å². The highest BCUT2D eigenvalue weighted by molar-refractivity contribution is 5.94. The fourth-order valence-electron chi connectivity index (χ4n) is 2.40. The summed E-state index contributed by atoms with van der Waals surface area (Å²) >= 11 is 0. The molecule has 19 heavy (non-hydrogen) atoms. The smallest absolute Gasteiger partial charge is 0.324 e. The molecule has 1 saturated heterocycles. The standard InChI is InChI=1S/C15H22N2O2/c1-12(2)16-9-10-17(15(16)19)14-7-5-13(6-8-14)4-3-11-18/h5-8,12,18H,3-4,9-11H2,1-2H3. The van der Waals surface area contributed by atoms with E-state index in [-0.39, 0.29) is 18.7 Å². The van der Waals surface area contributed by atoms with E-state index < -0.39 is 0 Å². The Balaban J connectivity index is 2.05. The number of carbonyl (C=O) groups is 1. The number of amides is 2. The Labute approximate surface area is 114 Å². The van der Waals surface area contributed by atoms with Crippen LogP contribution < -0.4 is 4.90 Å². The highest BCUT2D eigenvalue weighted by atomic mass is 16.3. The fraction of sp³-hybridized carbons (Fsp3) is 0.533. The van der Waals surface area contributed by atoms with Crippen LogP contribution in [-0.2, 0) is 6.42 Å². The van der Waals surface area contributed by atoms with Gasteiger partial charge in [0.15, 0.2) is 0 Å². The van der Waals surface area contributed by atoms with E-state index in [2.05, 4.69) is 0 Å². The van der Waals surface area contributed by atoms with Gasteiger partial charge in [-0.05, 0) is 44.4 Å². The van der Waals surface area contributed by atoms with Crippen LogP contribution in [0.3, 0.4) is 0 Å². The molecule has 0 radical (unpaired) electrons. The molecule has 4 heteroatoms. The van der Waals surface area contributed by atoms with Gasteiger partial charge in [-0.25, -0.2) is 4.79 Å². The van der Waals surface area contributed by atoms with E-state index in [1.807, 2.05) is 47.9 Å². The average Bonchev–Trinajstić information content (AvgIpc) is 2.79. The van der Waals surface area contributed by atoms with Gasteiger partial charge in [0.1, 0.15) is 0 Å². The molecule has 1 fully saturated rings. The number of nitrogens with zero attached hydrogens (tertiary/aromatic N) is 2. The van der Waals surface area contributed by atoms with Gasteiger partial charge in [0.2, 0.25) is 0 Å². The third-order valence-electron chi connectivity index (χ3n) is 3.54. The molecule has 0 spiro atoms. The van der Waals surface area contributed by atoms with Crippen LogP contribution >= 0.6 is 0 Å². The molecule has 1 N–H and O–H groups in total. The first-order valence-electron chi connectivity index (χ1n) is 6.91.